The summed E-state index contributed by atoms with van der Waals surface area (Å²) in [5, 5.41) is 9.40. The summed E-state index contributed by atoms with van der Waals surface area (Å²) in [6, 6.07) is 15.5. The number of nitrogens with zero attached hydrogens (tertiary/aromatic N) is 3. The van der Waals surface area contributed by atoms with E-state index in [0.29, 0.717) is 36.0 Å². The van der Waals surface area contributed by atoms with Crippen LogP contribution in [0, 0.1) is 18.3 Å². The van der Waals surface area contributed by atoms with Gasteiger partial charge in [0.15, 0.2) is 11.5 Å². The molecule has 1 heterocycles. The van der Waals surface area contributed by atoms with Gasteiger partial charge in [0.1, 0.15) is 24.1 Å². The van der Waals surface area contributed by atoms with Gasteiger partial charge in [-0.2, -0.15) is 10.2 Å². The van der Waals surface area contributed by atoms with Gasteiger partial charge in [0.05, 0.1) is 12.3 Å². The summed E-state index contributed by atoms with van der Waals surface area (Å²) >= 11 is 0. The van der Waals surface area contributed by atoms with E-state index < -0.39 is 0 Å². The summed E-state index contributed by atoms with van der Waals surface area (Å²) < 4.78 is 11.7. The average Bonchev–Trinajstić information content (AvgIpc) is 2.67. The predicted molar refractivity (Wildman–Crippen MR) is 108 cm³/mol. The van der Waals surface area contributed by atoms with Crippen molar-refractivity contribution >= 4 is 11.8 Å². The second-order valence-corrected chi connectivity index (χ2v) is 6.17. The van der Waals surface area contributed by atoms with Crippen molar-refractivity contribution in [3.63, 3.8) is 0 Å². The molecule has 28 heavy (non-hydrogen) atoms. The first-order valence-electron chi connectivity index (χ1n) is 8.80. The van der Waals surface area contributed by atoms with Gasteiger partial charge >= 0.3 is 0 Å². The third-order valence-electron chi connectivity index (χ3n) is 4.06. The predicted octanol–water partition coefficient (Wildman–Crippen LogP) is 3.47. The van der Waals surface area contributed by atoms with Crippen LogP contribution in [0.2, 0.25) is 0 Å². The number of hydrogen-bond donors (Lipinski definition) is 2. The SMILES string of the molecule is CCOc1cc(-c2nc(N)nc(N)c2C#N)ccc1OCc1cccc(C)c1. The van der Waals surface area contributed by atoms with Crippen LogP contribution >= 0.6 is 0 Å². The lowest BCUT2D eigenvalue weighted by atomic mass is 10.1. The van der Waals surface area contributed by atoms with Crippen molar-refractivity contribution in [2.24, 2.45) is 0 Å². The lowest BCUT2D eigenvalue weighted by Gasteiger charge is -2.14. The molecule has 3 aromatic rings. The molecule has 0 saturated heterocycles. The fraction of sp³-hybridized carbons (Fsp3) is 0.190. The summed E-state index contributed by atoms with van der Waals surface area (Å²) in [6.45, 7) is 4.80. The van der Waals surface area contributed by atoms with Gasteiger partial charge in [-0.15, -0.1) is 0 Å². The molecule has 0 aliphatic carbocycles. The van der Waals surface area contributed by atoms with E-state index in [9.17, 15) is 5.26 Å². The van der Waals surface area contributed by atoms with Crippen LogP contribution in [0.4, 0.5) is 11.8 Å². The number of anilines is 2. The van der Waals surface area contributed by atoms with Gasteiger partial charge in [0, 0.05) is 5.56 Å². The maximum atomic E-state index is 9.40. The summed E-state index contributed by atoms with van der Waals surface area (Å²) in [4.78, 5) is 8.02. The van der Waals surface area contributed by atoms with Crippen molar-refractivity contribution in [1.29, 1.82) is 5.26 Å². The smallest absolute Gasteiger partial charge is 0.222 e. The van der Waals surface area contributed by atoms with Gasteiger partial charge in [-0.25, -0.2) is 4.98 Å². The fourth-order valence-corrected chi connectivity index (χ4v) is 2.82. The lowest BCUT2D eigenvalue weighted by molar-refractivity contribution is 0.269. The van der Waals surface area contributed by atoms with Gasteiger partial charge in [0.2, 0.25) is 5.95 Å². The molecule has 0 amide bonds. The first-order valence-corrected chi connectivity index (χ1v) is 8.80. The zero-order valence-corrected chi connectivity index (χ0v) is 15.8. The zero-order valence-electron chi connectivity index (χ0n) is 15.8. The number of nitriles is 1. The number of benzene rings is 2. The molecular weight excluding hydrogens is 354 g/mol. The van der Waals surface area contributed by atoms with Crippen LogP contribution in [-0.2, 0) is 6.61 Å². The molecule has 0 saturated carbocycles. The number of hydrogen-bond acceptors (Lipinski definition) is 7. The van der Waals surface area contributed by atoms with Gasteiger partial charge in [-0.3, -0.25) is 0 Å². The van der Waals surface area contributed by atoms with Crippen LogP contribution in [0.15, 0.2) is 42.5 Å². The van der Waals surface area contributed by atoms with E-state index in [-0.39, 0.29) is 17.3 Å². The van der Waals surface area contributed by atoms with Crippen LogP contribution in [0.3, 0.4) is 0 Å². The molecule has 3 rings (SSSR count). The quantitative estimate of drug-likeness (QED) is 0.677. The van der Waals surface area contributed by atoms with Crippen LogP contribution in [0.1, 0.15) is 23.6 Å². The first kappa shape index (κ1) is 19.0. The minimum atomic E-state index is 0.00392. The van der Waals surface area contributed by atoms with E-state index in [0.717, 1.165) is 5.56 Å². The van der Waals surface area contributed by atoms with E-state index in [1.807, 2.05) is 38.1 Å². The Balaban J connectivity index is 1.95. The van der Waals surface area contributed by atoms with E-state index in [2.05, 4.69) is 16.0 Å². The highest BCUT2D eigenvalue weighted by Crippen LogP contribution is 2.34. The Bertz CT molecular complexity index is 1040. The topological polar surface area (TPSA) is 120 Å². The Morgan fingerprint density at radius 3 is 2.57 bits per heavy atom. The second-order valence-electron chi connectivity index (χ2n) is 6.17. The Morgan fingerprint density at radius 2 is 1.86 bits per heavy atom. The van der Waals surface area contributed by atoms with Crippen LogP contribution in [0.5, 0.6) is 11.5 Å². The van der Waals surface area contributed by atoms with Crippen molar-refractivity contribution in [3.05, 3.63) is 59.2 Å². The molecule has 0 fully saturated rings. The maximum absolute atomic E-state index is 9.40. The van der Waals surface area contributed by atoms with Gasteiger partial charge in [-0.05, 0) is 37.6 Å². The van der Waals surface area contributed by atoms with Crippen molar-refractivity contribution < 1.29 is 9.47 Å². The number of nitrogen functional groups attached to an aromatic ring is 2. The Labute approximate surface area is 163 Å². The molecule has 4 N–H and O–H groups in total. The average molecular weight is 375 g/mol. The minimum absolute atomic E-state index is 0.00392. The highest BCUT2D eigenvalue weighted by atomic mass is 16.5. The maximum Gasteiger partial charge on any atom is 0.222 e. The summed E-state index contributed by atoms with van der Waals surface area (Å²) in [5.74, 6) is 1.19. The fourth-order valence-electron chi connectivity index (χ4n) is 2.82. The largest absolute Gasteiger partial charge is 0.490 e. The van der Waals surface area contributed by atoms with Crippen molar-refractivity contribution in [2.75, 3.05) is 18.1 Å². The van der Waals surface area contributed by atoms with Gasteiger partial charge < -0.3 is 20.9 Å². The third kappa shape index (κ3) is 4.13. The summed E-state index contributed by atoms with van der Waals surface area (Å²) in [5.41, 5.74) is 14.9. The number of aryl methyl sites for hydroxylation is 1. The second kappa shape index (κ2) is 8.27. The Hall–Kier alpha value is -3.79. The highest BCUT2D eigenvalue weighted by Gasteiger charge is 2.16. The molecule has 7 heteroatoms. The molecule has 0 spiro atoms. The molecule has 2 aromatic carbocycles. The van der Waals surface area contributed by atoms with Crippen molar-refractivity contribution in [2.45, 2.75) is 20.5 Å². The van der Waals surface area contributed by atoms with E-state index in [1.54, 1.807) is 18.2 Å². The molecule has 0 radical (unpaired) electrons. The number of rotatable bonds is 6. The molecule has 0 aliphatic heterocycles. The molecule has 0 bridgehead atoms. The standard InChI is InChI=1S/C21H21N5O2/c1-3-27-18-10-15(19-16(11-22)20(23)26-21(24)25-19)7-8-17(18)28-12-14-6-4-5-13(2)9-14/h4-10H,3,12H2,1-2H3,(H4,23,24,25,26). The number of ether oxygens (including phenoxy) is 2. The van der Waals surface area contributed by atoms with E-state index in [1.165, 1.54) is 5.56 Å². The van der Waals surface area contributed by atoms with Crippen LogP contribution in [0.25, 0.3) is 11.3 Å². The molecule has 0 unspecified atom stereocenters. The first-order chi connectivity index (χ1) is 13.5. The van der Waals surface area contributed by atoms with E-state index in [4.69, 9.17) is 20.9 Å². The lowest BCUT2D eigenvalue weighted by Crippen LogP contribution is -2.05. The molecule has 0 aliphatic rings. The summed E-state index contributed by atoms with van der Waals surface area (Å²) in [7, 11) is 0. The number of nitrogens with two attached hydrogens (primary N) is 2. The minimum Gasteiger partial charge on any atom is -0.490 e. The Kier molecular flexibility index (Phi) is 5.61. The van der Waals surface area contributed by atoms with Gasteiger partial charge in [-0.1, -0.05) is 29.8 Å². The highest BCUT2D eigenvalue weighted by molar-refractivity contribution is 5.74. The van der Waals surface area contributed by atoms with Crippen LogP contribution < -0.4 is 20.9 Å². The van der Waals surface area contributed by atoms with Crippen molar-refractivity contribution in [1.82, 2.24) is 9.97 Å². The zero-order chi connectivity index (χ0) is 20.1. The van der Waals surface area contributed by atoms with E-state index >= 15 is 0 Å². The molecule has 142 valence electrons. The van der Waals surface area contributed by atoms with Crippen LogP contribution in [-0.4, -0.2) is 16.6 Å². The molecular formula is C21H21N5O2. The molecule has 1 aromatic heterocycles. The monoisotopic (exact) mass is 375 g/mol. The molecule has 0 atom stereocenters. The third-order valence-corrected chi connectivity index (χ3v) is 4.06. The van der Waals surface area contributed by atoms with Gasteiger partial charge in [0.25, 0.3) is 0 Å². The number of aromatic nitrogens is 2. The molecule has 7 nitrogen and oxygen atoms in total. The Morgan fingerprint density at radius 1 is 1.04 bits per heavy atom. The normalized spacial score (nSPS) is 10.3. The summed E-state index contributed by atoms with van der Waals surface area (Å²) in [6.07, 6.45) is 0. The van der Waals surface area contributed by atoms with Crippen molar-refractivity contribution in [3.8, 4) is 28.8 Å².